The lowest BCUT2D eigenvalue weighted by Crippen LogP contribution is -2.40. The third-order valence-corrected chi connectivity index (χ3v) is 4.88. The van der Waals surface area contributed by atoms with Crippen molar-refractivity contribution in [3.8, 4) is 0 Å². The minimum absolute atomic E-state index is 0.0340. The second kappa shape index (κ2) is 9.88. The molecule has 7 heteroatoms. The predicted molar refractivity (Wildman–Crippen MR) is 102 cm³/mol. The Labute approximate surface area is 164 Å². The summed E-state index contributed by atoms with van der Waals surface area (Å²) < 4.78 is 16.3. The maximum absolute atomic E-state index is 12.6. The third kappa shape index (κ3) is 5.54. The number of likely N-dealkylation sites (tertiary alicyclic amines) is 1. The molecule has 6 nitrogen and oxygen atoms in total. The second-order valence-corrected chi connectivity index (χ2v) is 7.05. The van der Waals surface area contributed by atoms with Gasteiger partial charge in [-0.15, -0.1) is 0 Å². The number of piperidine rings is 1. The van der Waals surface area contributed by atoms with E-state index in [0.717, 1.165) is 30.6 Å². The van der Waals surface area contributed by atoms with Crippen LogP contribution in [0.25, 0.3) is 0 Å². The number of carbonyl (C=O) groups excluding carboxylic acids is 1. The van der Waals surface area contributed by atoms with Crippen molar-refractivity contribution in [2.45, 2.75) is 31.7 Å². The maximum atomic E-state index is 12.6. The molecule has 0 N–H and O–H groups in total. The average molecular weight is 393 g/mol. The number of benzene rings is 1. The van der Waals surface area contributed by atoms with Gasteiger partial charge in [0.2, 0.25) is 11.8 Å². The largest absolute Gasteiger partial charge is 0.443 e. The molecule has 1 aliphatic rings. The van der Waals surface area contributed by atoms with Crippen LogP contribution in [0.2, 0.25) is 5.02 Å². The molecule has 0 unspecified atom stereocenters. The molecule has 1 aromatic carbocycles. The Balaban J connectivity index is 1.63. The van der Waals surface area contributed by atoms with Crippen LogP contribution in [0.3, 0.4) is 0 Å². The highest BCUT2D eigenvalue weighted by Crippen LogP contribution is 2.31. The number of oxazole rings is 1. The van der Waals surface area contributed by atoms with Crippen LogP contribution in [0.4, 0.5) is 0 Å². The molecule has 0 aliphatic carbocycles. The quantitative estimate of drug-likeness (QED) is 0.642. The van der Waals surface area contributed by atoms with E-state index >= 15 is 0 Å². The summed E-state index contributed by atoms with van der Waals surface area (Å²) in [6.45, 7) is 1.64. The fourth-order valence-corrected chi connectivity index (χ4v) is 3.36. The standard InChI is InChI=1S/C20H25ClN2O4/c1-25-10-11-26-14-19(24)23-9-3-2-4-18(23)20-22-13-17(27-20)12-15-5-7-16(21)8-6-15/h5-8,13,18H,2-4,9-12,14H2,1H3/t18-/m1/s1. The SMILES string of the molecule is COCCOCC(=O)N1CCCC[C@@H]1c1ncc(Cc2ccc(Cl)cc2)o1. The molecule has 1 fully saturated rings. The molecular weight excluding hydrogens is 368 g/mol. The van der Waals surface area contributed by atoms with Gasteiger partial charge in [0.15, 0.2) is 0 Å². The summed E-state index contributed by atoms with van der Waals surface area (Å²) in [5.41, 5.74) is 1.10. The number of rotatable bonds is 8. The highest BCUT2D eigenvalue weighted by molar-refractivity contribution is 6.30. The minimum Gasteiger partial charge on any atom is -0.443 e. The van der Waals surface area contributed by atoms with E-state index < -0.39 is 0 Å². The summed E-state index contributed by atoms with van der Waals surface area (Å²) in [5.74, 6) is 1.35. The Morgan fingerprint density at radius 1 is 1.30 bits per heavy atom. The van der Waals surface area contributed by atoms with Crippen LogP contribution in [0.1, 0.15) is 42.5 Å². The number of methoxy groups -OCH3 is 1. The molecule has 1 aliphatic heterocycles. The van der Waals surface area contributed by atoms with Crippen molar-refractivity contribution in [3.63, 3.8) is 0 Å². The van der Waals surface area contributed by atoms with Crippen molar-refractivity contribution in [2.24, 2.45) is 0 Å². The van der Waals surface area contributed by atoms with Crippen molar-refractivity contribution in [1.29, 1.82) is 0 Å². The zero-order chi connectivity index (χ0) is 19.1. The van der Waals surface area contributed by atoms with Crippen LogP contribution in [0, 0.1) is 0 Å². The van der Waals surface area contributed by atoms with Gasteiger partial charge in [-0.3, -0.25) is 4.79 Å². The van der Waals surface area contributed by atoms with E-state index in [4.69, 9.17) is 25.5 Å². The lowest BCUT2D eigenvalue weighted by Gasteiger charge is -2.33. The van der Waals surface area contributed by atoms with Crippen molar-refractivity contribution in [1.82, 2.24) is 9.88 Å². The first-order chi connectivity index (χ1) is 13.2. The van der Waals surface area contributed by atoms with Crippen LogP contribution in [-0.2, 0) is 20.7 Å². The van der Waals surface area contributed by atoms with Crippen molar-refractivity contribution in [3.05, 3.63) is 52.7 Å². The van der Waals surface area contributed by atoms with E-state index in [1.54, 1.807) is 13.3 Å². The van der Waals surface area contributed by atoms with Crippen LogP contribution < -0.4 is 0 Å². The first-order valence-corrected chi connectivity index (χ1v) is 9.60. The van der Waals surface area contributed by atoms with Crippen LogP contribution in [0.5, 0.6) is 0 Å². The van der Waals surface area contributed by atoms with Gasteiger partial charge in [0.25, 0.3) is 0 Å². The minimum atomic E-state index is -0.128. The van der Waals surface area contributed by atoms with E-state index in [-0.39, 0.29) is 18.6 Å². The fraction of sp³-hybridized carbons (Fsp3) is 0.500. The smallest absolute Gasteiger partial charge is 0.249 e. The fourth-order valence-electron chi connectivity index (χ4n) is 3.23. The first-order valence-electron chi connectivity index (χ1n) is 9.22. The molecule has 2 heterocycles. The van der Waals surface area contributed by atoms with E-state index in [9.17, 15) is 4.79 Å². The molecule has 0 spiro atoms. The van der Waals surface area contributed by atoms with Crippen molar-refractivity contribution in [2.75, 3.05) is 33.5 Å². The Morgan fingerprint density at radius 3 is 2.89 bits per heavy atom. The Kier molecular flexibility index (Phi) is 7.26. The van der Waals surface area contributed by atoms with E-state index in [2.05, 4.69) is 4.98 Å². The molecule has 27 heavy (non-hydrogen) atoms. The number of hydrogen-bond donors (Lipinski definition) is 0. The Hall–Kier alpha value is -1.89. The van der Waals surface area contributed by atoms with Crippen LogP contribution in [-0.4, -0.2) is 49.3 Å². The number of carbonyl (C=O) groups is 1. The van der Waals surface area contributed by atoms with Gasteiger partial charge >= 0.3 is 0 Å². The van der Waals surface area contributed by atoms with Crippen LogP contribution in [0.15, 0.2) is 34.9 Å². The maximum Gasteiger partial charge on any atom is 0.249 e. The number of amides is 1. The summed E-state index contributed by atoms with van der Waals surface area (Å²) in [7, 11) is 1.61. The topological polar surface area (TPSA) is 64.8 Å². The van der Waals surface area contributed by atoms with Gasteiger partial charge in [-0.05, 0) is 37.0 Å². The summed E-state index contributed by atoms with van der Waals surface area (Å²) in [6, 6.07) is 7.53. The first kappa shape index (κ1) is 19.9. The van der Waals surface area contributed by atoms with E-state index in [0.29, 0.717) is 37.1 Å². The number of ether oxygens (including phenoxy) is 2. The summed E-state index contributed by atoms with van der Waals surface area (Å²) >= 11 is 5.93. The van der Waals surface area contributed by atoms with Gasteiger partial charge in [0.1, 0.15) is 18.4 Å². The van der Waals surface area contributed by atoms with Gasteiger partial charge in [0.05, 0.1) is 19.4 Å². The van der Waals surface area contributed by atoms with Gasteiger partial charge < -0.3 is 18.8 Å². The second-order valence-electron chi connectivity index (χ2n) is 6.61. The zero-order valence-electron chi connectivity index (χ0n) is 15.5. The number of nitrogens with zero attached hydrogens (tertiary/aromatic N) is 2. The number of aromatic nitrogens is 1. The molecule has 1 atom stereocenters. The van der Waals surface area contributed by atoms with Gasteiger partial charge in [-0.25, -0.2) is 4.98 Å². The molecule has 1 saturated heterocycles. The monoisotopic (exact) mass is 392 g/mol. The lowest BCUT2D eigenvalue weighted by atomic mass is 10.0. The van der Waals surface area contributed by atoms with Gasteiger partial charge in [-0.1, -0.05) is 23.7 Å². The molecule has 146 valence electrons. The molecule has 2 aromatic rings. The lowest BCUT2D eigenvalue weighted by molar-refractivity contribution is -0.141. The van der Waals surface area contributed by atoms with Crippen molar-refractivity contribution < 1.29 is 18.7 Å². The normalized spacial score (nSPS) is 17.3. The van der Waals surface area contributed by atoms with E-state index in [1.807, 2.05) is 29.2 Å². The molecule has 0 bridgehead atoms. The number of hydrogen-bond acceptors (Lipinski definition) is 5. The molecule has 1 aromatic heterocycles. The molecule has 3 rings (SSSR count). The number of halogens is 1. The van der Waals surface area contributed by atoms with Gasteiger partial charge in [0, 0.05) is 25.1 Å². The highest BCUT2D eigenvalue weighted by atomic mass is 35.5. The summed E-state index contributed by atoms with van der Waals surface area (Å²) in [6.07, 6.45) is 5.28. The molecule has 0 saturated carbocycles. The zero-order valence-corrected chi connectivity index (χ0v) is 16.3. The van der Waals surface area contributed by atoms with Crippen LogP contribution >= 0.6 is 11.6 Å². The molecule has 1 amide bonds. The third-order valence-electron chi connectivity index (χ3n) is 4.63. The van der Waals surface area contributed by atoms with E-state index in [1.165, 1.54) is 0 Å². The molecule has 0 radical (unpaired) electrons. The summed E-state index contributed by atoms with van der Waals surface area (Å²) in [4.78, 5) is 18.8. The summed E-state index contributed by atoms with van der Waals surface area (Å²) in [5, 5.41) is 0.709. The Morgan fingerprint density at radius 2 is 2.11 bits per heavy atom. The molecular formula is C20H25ClN2O4. The average Bonchev–Trinajstić information content (AvgIpc) is 3.15. The van der Waals surface area contributed by atoms with Gasteiger partial charge in [-0.2, -0.15) is 0 Å². The highest BCUT2D eigenvalue weighted by Gasteiger charge is 2.31. The van der Waals surface area contributed by atoms with Crippen molar-refractivity contribution >= 4 is 17.5 Å². The predicted octanol–water partition coefficient (Wildman–Crippen LogP) is 3.64. The Bertz CT molecular complexity index is 732.